The molecule has 1 fully saturated rings. The molecule has 1 aliphatic rings. The molecule has 0 radical (unpaired) electrons. The van der Waals surface area contributed by atoms with E-state index in [1.807, 2.05) is 23.1 Å². The fourth-order valence-electron chi connectivity index (χ4n) is 4.04. The van der Waals surface area contributed by atoms with Gasteiger partial charge in [-0.2, -0.15) is 0 Å². The first-order valence-corrected chi connectivity index (χ1v) is 12.0. The van der Waals surface area contributed by atoms with Crippen LogP contribution in [-0.2, 0) is 16.0 Å². The number of methoxy groups -OCH3 is 1. The molecule has 1 aliphatic heterocycles. The zero-order valence-corrected chi connectivity index (χ0v) is 21.1. The number of amides is 1. The zero-order valence-electron chi connectivity index (χ0n) is 19.5. The van der Waals surface area contributed by atoms with Crippen molar-refractivity contribution in [2.45, 2.75) is 26.7 Å². The van der Waals surface area contributed by atoms with Gasteiger partial charge in [0.25, 0.3) is 0 Å². The third-order valence-electron chi connectivity index (χ3n) is 5.92. The number of carbonyl (C=O) groups is 1. The zero-order chi connectivity index (χ0) is 22.5. The molecule has 0 saturated carbocycles. The average Bonchev–Trinajstić information content (AvgIpc) is 3.22. The van der Waals surface area contributed by atoms with Crippen LogP contribution in [0.1, 0.15) is 23.1 Å². The number of halogens is 1. The highest BCUT2D eigenvalue weighted by molar-refractivity contribution is 7.22. The molecule has 4 rings (SSSR count). The molecule has 0 unspecified atom stereocenters. The van der Waals surface area contributed by atoms with Crippen LogP contribution in [0, 0.1) is 13.8 Å². The molecule has 0 aliphatic carbocycles. The largest absolute Gasteiger partial charge is 0.497 e. The second kappa shape index (κ2) is 11.8. The van der Waals surface area contributed by atoms with E-state index in [9.17, 15) is 4.79 Å². The molecular weight excluding hydrogens is 458 g/mol. The van der Waals surface area contributed by atoms with Gasteiger partial charge in [-0.1, -0.05) is 35.1 Å². The van der Waals surface area contributed by atoms with E-state index in [0.717, 1.165) is 71.5 Å². The molecule has 33 heavy (non-hydrogen) atoms. The van der Waals surface area contributed by atoms with Crippen molar-refractivity contribution in [1.82, 2.24) is 9.88 Å². The Morgan fingerprint density at radius 1 is 1.18 bits per heavy atom. The molecule has 6 nitrogen and oxygen atoms in total. The van der Waals surface area contributed by atoms with Crippen LogP contribution in [0.25, 0.3) is 10.2 Å². The molecular formula is C25H32ClN3O3S. The fourth-order valence-corrected chi connectivity index (χ4v) is 5.08. The third kappa shape index (κ3) is 6.44. The van der Waals surface area contributed by atoms with Gasteiger partial charge >= 0.3 is 0 Å². The first kappa shape index (κ1) is 25.4. The summed E-state index contributed by atoms with van der Waals surface area (Å²) in [5.41, 5.74) is 4.33. The standard InChI is InChI=1S/C25H31N3O3S.ClH/c1-18-5-6-20(19(2)15-18)16-24(29)28(10-4-9-27-11-13-31-14-12-27)25-26-22-8-7-21(30-3)17-23(22)32-25;/h5-8,15,17H,4,9-14,16H2,1-3H3;1H. The summed E-state index contributed by atoms with van der Waals surface area (Å²) in [7, 11) is 1.66. The number of benzene rings is 2. The lowest BCUT2D eigenvalue weighted by atomic mass is 10.0. The van der Waals surface area contributed by atoms with Gasteiger partial charge in [-0.05, 0) is 49.6 Å². The number of hydrogen-bond acceptors (Lipinski definition) is 6. The Morgan fingerprint density at radius 2 is 1.97 bits per heavy atom. The van der Waals surface area contributed by atoms with E-state index in [4.69, 9.17) is 14.5 Å². The molecule has 2 aromatic carbocycles. The van der Waals surface area contributed by atoms with E-state index >= 15 is 0 Å². The van der Waals surface area contributed by atoms with Crippen LogP contribution in [-0.4, -0.2) is 62.3 Å². The van der Waals surface area contributed by atoms with Gasteiger partial charge in [0.1, 0.15) is 5.75 Å². The first-order valence-electron chi connectivity index (χ1n) is 11.1. The summed E-state index contributed by atoms with van der Waals surface area (Å²) in [6.45, 7) is 9.24. The number of fused-ring (bicyclic) bond motifs is 1. The minimum atomic E-state index is 0. The van der Waals surface area contributed by atoms with Crippen molar-refractivity contribution in [3.8, 4) is 5.75 Å². The maximum absolute atomic E-state index is 13.5. The normalized spacial score (nSPS) is 14.2. The Kier molecular flexibility index (Phi) is 9.09. The second-order valence-electron chi connectivity index (χ2n) is 8.29. The predicted molar refractivity (Wildman–Crippen MR) is 137 cm³/mol. The van der Waals surface area contributed by atoms with Gasteiger partial charge in [-0.3, -0.25) is 14.6 Å². The Labute approximate surface area is 205 Å². The Bertz CT molecular complexity index is 1080. The summed E-state index contributed by atoms with van der Waals surface area (Å²) in [5, 5.41) is 0.755. The van der Waals surface area contributed by atoms with Crippen LogP contribution in [0.15, 0.2) is 36.4 Å². The van der Waals surface area contributed by atoms with Gasteiger partial charge in [-0.15, -0.1) is 12.4 Å². The average molecular weight is 490 g/mol. The number of carbonyl (C=O) groups excluding carboxylic acids is 1. The lowest BCUT2D eigenvalue weighted by Gasteiger charge is -2.27. The molecule has 178 valence electrons. The number of morpholine rings is 1. The first-order chi connectivity index (χ1) is 15.5. The summed E-state index contributed by atoms with van der Waals surface area (Å²) in [6.07, 6.45) is 1.28. The molecule has 0 spiro atoms. The highest BCUT2D eigenvalue weighted by Crippen LogP contribution is 2.32. The van der Waals surface area contributed by atoms with Crippen LogP contribution < -0.4 is 9.64 Å². The van der Waals surface area contributed by atoms with Crippen LogP contribution in [0.4, 0.5) is 5.13 Å². The Hall–Kier alpha value is -2.19. The molecule has 0 atom stereocenters. The summed E-state index contributed by atoms with van der Waals surface area (Å²) in [4.78, 5) is 22.5. The number of anilines is 1. The Balaban J connectivity index is 0.00000306. The lowest BCUT2D eigenvalue weighted by Crippen LogP contribution is -2.39. The maximum atomic E-state index is 13.5. The molecule has 1 saturated heterocycles. The van der Waals surface area contributed by atoms with Gasteiger partial charge in [0.15, 0.2) is 5.13 Å². The number of hydrogen-bond donors (Lipinski definition) is 0. The molecule has 0 bridgehead atoms. The van der Waals surface area contributed by atoms with Crippen LogP contribution >= 0.6 is 23.7 Å². The number of aryl methyl sites for hydroxylation is 2. The molecule has 3 aromatic rings. The van der Waals surface area contributed by atoms with Crippen molar-refractivity contribution in [1.29, 1.82) is 0 Å². The summed E-state index contributed by atoms with van der Waals surface area (Å²) in [5.74, 6) is 0.887. The second-order valence-corrected chi connectivity index (χ2v) is 9.30. The summed E-state index contributed by atoms with van der Waals surface area (Å²) in [6, 6.07) is 12.1. The fraction of sp³-hybridized carbons (Fsp3) is 0.440. The van der Waals surface area contributed by atoms with E-state index in [-0.39, 0.29) is 18.3 Å². The molecule has 8 heteroatoms. The number of thiazole rings is 1. The minimum absolute atomic E-state index is 0. The smallest absolute Gasteiger partial charge is 0.233 e. The topological polar surface area (TPSA) is 54.9 Å². The Morgan fingerprint density at radius 3 is 2.70 bits per heavy atom. The third-order valence-corrected chi connectivity index (χ3v) is 6.96. The van der Waals surface area contributed by atoms with Crippen molar-refractivity contribution in [2.24, 2.45) is 0 Å². The van der Waals surface area contributed by atoms with E-state index in [1.165, 1.54) is 5.56 Å². The maximum Gasteiger partial charge on any atom is 0.233 e. The molecule has 0 N–H and O–H groups in total. The van der Waals surface area contributed by atoms with Gasteiger partial charge in [0.05, 0.1) is 37.0 Å². The van der Waals surface area contributed by atoms with Gasteiger partial charge in [0.2, 0.25) is 5.91 Å². The number of aromatic nitrogens is 1. The van der Waals surface area contributed by atoms with E-state index < -0.39 is 0 Å². The number of nitrogens with zero attached hydrogens (tertiary/aromatic N) is 3. The van der Waals surface area contributed by atoms with Crippen LogP contribution in [0.5, 0.6) is 5.75 Å². The molecule has 1 amide bonds. The van der Waals surface area contributed by atoms with Crippen molar-refractivity contribution >= 4 is 45.0 Å². The van der Waals surface area contributed by atoms with Gasteiger partial charge in [0, 0.05) is 26.2 Å². The van der Waals surface area contributed by atoms with Crippen molar-refractivity contribution in [3.05, 3.63) is 53.1 Å². The summed E-state index contributed by atoms with van der Waals surface area (Å²) >= 11 is 1.55. The van der Waals surface area contributed by atoms with Crippen molar-refractivity contribution in [3.63, 3.8) is 0 Å². The van der Waals surface area contributed by atoms with Gasteiger partial charge < -0.3 is 9.47 Å². The van der Waals surface area contributed by atoms with Crippen LogP contribution in [0.2, 0.25) is 0 Å². The van der Waals surface area contributed by atoms with E-state index in [2.05, 4.69) is 36.9 Å². The van der Waals surface area contributed by atoms with Crippen LogP contribution in [0.3, 0.4) is 0 Å². The number of ether oxygens (including phenoxy) is 2. The summed E-state index contributed by atoms with van der Waals surface area (Å²) < 4.78 is 11.8. The highest BCUT2D eigenvalue weighted by Gasteiger charge is 2.21. The predicted octanol–water partition coefficient (Wildman–Crippen LogP) is 4.64. The van der Waals surface area contributed by atoms with E-state index in [0.29, 0.717) is 13.0 Å². The monoisotopic (exact) mass is 489 g/mol. The quantitative estimate of drug-likeness (QED) is 0.461. The minimum Gasteiger partial charge on any atom is -0.497 e. The lowest BCUT2D eigenvalue weighted by molar-refractivity contribution is -0.118. The molecule has 2 heterocycles. The van der Waals surface area contributed by atoms with Crippen molar-refractivity contribution in [2.75, 3.05) is 51.4 Å². The molecule has 1 aromatic heterocycles. The SMILES string of the molecule is COc1ccc2nc(N(CCCN3CCOCC3)C(=O)Cc3ccc(C)cc3C)sc2c1.Cl. The van der Waals surface area contributed by atoms with Crippen molar-refractivity contribution < 1.29 is 14.3 Å². The number of rotatable bonds is 8. The van der Waals surface area contributed by atoms with E-state index in [1.54, 1.807) is 18.4 Å². The highest BCUT2D eigenvalue weighted by atomic mass is 35.5. The van der Waals surface area contributed by atoms with Gasteiger partial charge in [-0.25, -0.2) is 4.98 Å².